The Bertz CT molecular complexity index is 1960. The van der Waals surface area contributed by atoms with Crippen molar-refractivity contribution in [2.24, 2.45) is 0 Å². The Kier molecular flexibility index (Phi) is 4.52. The van der Waals surface area contributed by atoms with Gasteiger partial charge in [0.15, 0.2) is 5.71 Å². The maximum absolute atomic E-state index is 6.46. The minimum absolute atomic E-state index is 0. The maximum Gasteiger partial charge on any atom is 0.191 e. The Morgan fingerprint density at radius 3 is 2.57 bits per heavy atom. The van der Waals surface area contributed by atoms with E-state index in [9.17, 15) is 0 Å². The zero-order valence-corrected chi connectivity index (χ0v) is 21.4. The monoisotopic (exact) mass is 647 g/mol. The second-order valence-corrected chi connectivity index (χ2v) is 9.33. The Morgan fingerprint density at radius 1 is 0.829 bits per heavy atom. The van der Waals surface area contributed by atoms with Gasteiger partial charge in [-0.1, -0.05) is 46.5 Å². The molecule has 0 aliphatic heterocycles. The molecule has 0 bridgehead atoms. The van der Waals surface area contributed by atoms with Crippen LogP contribution in [0.4, 0.5) is 0 Å². The molecule has 0 atom stereocenters. The number of hydrogen-bond acceptors (Lipinski definition) is 3. The van der Waals surface area contributed by atoms with Crippen LogP contribution in [0, 0.1) is 6.07 Å². The zero-order valence-electron chi connectivity index (χ0n) is 18.2. The molecule has 0 saturated carbocycles. The first-order valence-corrected chi connectivity index (χ1v) is 12.0. The van der Waals surface area contributed by atoms with Gasteiger partial charge in [-0.3, -0.25) is 0 Å². The Labute approximate surface area is 217 Å². The van der Waals surface area contributed by atoms with Gasteiger partial charge < -0.3 is 18.4 Å². The molecule has 35 heavy (non-hydrogen) atoms. The van der Waals surface area contributed by atoms with Crippen molar-refractivity contribution in [3.63, 3.8) is 0 Å². The van der Waals surface area contributed by atoms with Crippen LogP contribution in [0.5, 0.6) is 0 Å². The molecule has 0 fully saturated rings. The predicted octanol–water partition coefficient (Wildman–Crippen LogP) is 7.86. The minimum atomic E-state index is 0. The maximum atomic E-state index is 6.46. The number of fused-ring (bicyclic) bond motifs is 9. The molecule has 8 rings (SSSR count). The van der Waals surface area contributed by atoms with Crippen LogP contribution < -0.4 is 0 Å². The van der Waals surface area contributed by atoms with Crippen LogP contribution in [0.15, 0.2) is 101 Å². The molecule has 6 heteroatoms. The number of rotatable bonds is 2. The van der Waals surface area contributed by atoms with E-state index in [0.29, 0.717) is 0 Å². The number of para-hydroxylation sites is 2. The smallest absolute Gasteiger partial charge is 0.191 e. The quantitative estimate of drug-likeness (QED) is 0.179. The van der Waals surface area contributed by atoms with Gasteiger partial charge in [-0.15, -0.1) is 5.39 Å². The van der Waals surface area contributed by atoms with Gasteiger partial charge in [0.2, 0.25) is 0 Å². The van der Waals surface area contributed by atoms with Gasteiger partial charge in [0.05, 0.1) is 11.0 Å². The Balaban J connectivity index is 0.00000210. The van der Waals surface area contributed by atoms with E-state index in [1.807, 2.05) is 22.2 Å². The number of imidazole rings is 1. The van der Waals surface area contributed by atoms with Gasteiger partial charge >= 0.3 is 0 Å². The third kappa shape index (κ3) is 2.85. The zero-order chi connectivity index (χ0) is 22.2. The summed E-state index contributed by atoms with van der Waals surface area (Å²) >= 11 is 1.68. The first kappa shape index (κ1) is 20.7. The van der Waals surface area contributed by atoms with Crippen molar-refractivity contribution in [1.29, 1.82) is 0 Å². The van der Waals surface area contributed by atoms with E-state index < -0.39 is 0 Å². The van der Waals surface area contributed by atoms with Gasteiger partial charge in [0, 0.05) is 65.6 Å². The van der Waals surface area contributed by atoms with E-state index in [1.165, 1.54) is 21.8 Å². The van der Waals surface area contributed by atoms with Gasteiger partial charge in [0.25, 0.3) is 0 Å². The molecule has 0 unspecified atom stereocenters. The van der Waals surface area contributed by atoms with Gasteiger partial charge in [-0.2, -0.15) is 6.07 Å². The van der Waals surface area contributed by atoms with Crippen LogP contribution in [0.2, 0.25) is 0 Å². The summed E-state index contributed by atoms with van der Waals surface area (Å²) in [5.74, 6) is 0.851. The second kappa shape index (κ2) is 7.65. The van der Waals surface area contributed by atoms with Crippen molar-refractivity contribution in [1.82, 2.24) is 14.0 Å². The van der Waals surface area contributed by atoms with Crippen molar-refractivity contribution in [3.8, 4) is 17.0 Å². The average molecular weight is 647 g/mol. The summed E-state index contributed by atoms with van der Waals surface area (Å²) in [6.07, 6.45) is 3.76. The van der Waals surface area contributed by atoms with E-state index in [2.05, 4.69) is 94.5 Å². The average Bonchev–Trinajstić information content (AvgIpc) is 3.67. The summed E-state index contributed by atoms with van der Waals surface area (Å²) in [5, 5.41) is 6.56. The van der Waals surface area contributed by atoms with Crippen LogP contribution in [-0.2, 0) is 20.1 Å². The molecular weight excluding hydrogens is 631 g/mol. The third-order valence-corrected chi connectivity index (χ3v) is 7.51. The van der Waals surface area contributed by atoms with Crippen LogP contribution in [-0.4, -0.2) is 14.0 Å². The van der Waals surface area contributed by atoms with Crippen molar-refractivity contribution >= 4 is 60.0 Å². The van der Waals surface area contributed by atoms with E-state index in [-0.39, 0.29) is 20.1 Å². The molecule has 5 aromatic heterocycles. The number of nitrogens with zero attached hydrogens (tertiary/aromatic N) is 3. The van der Waals surface area contributed by atoms with Crippen molar-refractivity contribution in [2.45, 2.75) is 0 Å². The van der Waals surface area contributed by atoms with Gasteiger partial charge in [-0.25, -0.2) is 11.3 Å². The van der Waals surface area contributed by atoms with Crippen molar-refractivity contribution in [3.05, 3.63) is 103 Å². The number of furan rings is 1. The molecule has 0 aliphatic carbocycles. The van der Waals surface area contributed by atoms with E-state index >= 15 is 0 Å². The molecule has 0 saturated heterocycles. The Morgan fingerprint density at radius 2 is 1.66 bits per heavy atom. The fraction of sp³-hybridized carbons (Fsp3) is 0. The molecule has 169 valence electrons. The summed E-state index contributed by atoms with van der Waals surface area (Å²) in [5.41, 5.74) is 6.29. The van der Waals surface area contributed by atoms with Crippen LogP contribution in [0.25, 0.3) is 65.6 Å². The summed E-state index contributed by atoms with van der Waals surface area (Å²) in [6.45, 7) is 0. The van der Waals surface area contributed by atoms with Crippen LogP contribution >= 0.6 is 11.3 Å². The minimum Gasteiger partial charge on any atom is -0.441 e. The third-order valence-electron chi connectivity index (χ3n) is 6.62. The molecular formula is C29H16IrN3OS-. The van der Waals surface area contributed by atoms with Gasteiger partial charge in [-0.05, 0) is 42.5 Å². The van der Waals surface area contributed by atoms with Crippen molar-refractivity contribution in [2.75, 3.05) is 0 Å². The first-order valence-electron chi connectivity index (χ1n) is 11.1. The second-order valence-electron chi connectivity index (χ2n) is 8.45. The summed E-state index contributed by atoms with van der Waals surface area (Å²) in [4.78, 5) is 4.53. The molecule has 1 radical (unpaired) electrons. The fourth-order valence-electron chi connectivity index (χ4n) is 5.14. The Hall–Kier alpha value is -3.70. The number of thiophene rings is 1. The number of pyridine rings is 1. The van der Waals surface area contributed by atoms with Crippen molar-refractivity contribution < 1.29 is 24.5 Å². The number of hydrogen-bond donors (Lipinski definition) is 0. The summed E-state index contributed by atoms with van der Waals surface area (Å²) < 4.78 is 12.0. The molecule has 0 N–H and O–H groups in total. The molecule has 0 spiro atoms. The molecule has 5 heterocycles. The summed E-state index contributed by atoms with van der Waals surface area (Å²) in [6, 6.07) is 31.2. The molecule has 3 aromatic carbocycles. The van der Waals surface area contributed by atoms with E-state index in [4.69, 9.17) is 4.42 Å². The molecule has 0 amide bonds. The molecule has 0 aliphatic rings. The first-order chi connectivity index (χ1) is 16.9. The topological polar surface area (TPSA) is 35.4 Å². The fourth-order valence-corrected chi connectivity index (χ4v) is 5.97. The number of benzene rings is 3. The van der Waals surface area contributed by atoms with E-state index in [1.54, 1.807) is 11.3 Å². The molecule has 4 nitrogen and oxygen atoms in total. The normalized spacial score (nSPS) is 11.8. The summed E-state index contributed by atoms with van der Waals surface area (Å²) in [7, 11) is 0. The predicted molar refractivity (Wildman–Crippen MR) is 139 cm³/mol. The molecule has 8 aromatic rings. The largest absolute Gasteiger partial charge is 0.441 e. The van der Waals surface area contributed by atoms with Crippen LogP contribution in [0.3, 0.4) is 0 Å². The number of aromatic nitrogens is 3. The van der Waals surface area contributed by atoms with Gasteiger partial charge in [0.1, 0.15) is 5.76 Å². The van der Waals surface area contributed by atoms with E-state index in [0.717, 1.165) is 43.8 Å². The standard InChI is InChI=1S/C29H16N3OS.Ir/c1-2-6-19(7-3-1)32-24-9-5-4-8-20(24)22-16-18(10-11-25(22)32)26-17-23-27-21(12-15-34-27)28-30-13-14-31(28)29(23)33-26;/h1-11,13-17H;/q-1;. The van der Waals surface area contributed by atoms with Crippen LogP contribution in [0.1, 0.15) is 0 Å². The SMILES string of the molecule is [Ir].[c-]1csc2c1c1nccn1c1oc(-c3ccc4c(c3)c3ccccc3n4-c3ccccc3)cc21.